The van der Waals surface area contributed by atoms with E-state index in [0.717, 1.165) is 6.20 Å². The molecule has 8 heteroatoms. The molecule has 1 unspecified atom stereocenters. The van der Waals surface area contributed by atoms with Crippen LogP contribution in [0.5, 0.6) is 0 Å². The highest BCUT2D eigenvalue weighted by atomic mass is 35.5. The number of hydrogen-bond donors (Lipinski definition) is 2. The zero-order valence-electron chi connectivity index (χ0n) is 9.63. The summed E-state index contributed by atoms with van der Waals surface area (Å²) in [5, 5.41) is 8.76. The molecule has 6 nitrogen and oxygen atoms in total. The molecule has 0 radical (unpaired) electrons. The Labute approximate surface area is 110 Å². The summed E-state index contributed by atoms with van der Waals surface area (Å²) in [6.07, 6.45) is 2.39. The van der Waals surface area contributed by atoms with Crippen molar-refractivity contribution in [3.05, 3.63) is 24.0 Å². The van der Waals surface area contributed by atoms with Crippen LogP contribution in [0.3, 0.4) is 0 Å². The number of aromatic nitrogens is 1. The second-order valence-electron chi connectivity index (χ2n) is 3.91. The molecule has 0 aliphatic heterocycles. The Morgan fingerprint density at radius 3 is 2.78 bits per heavy atom. The number of nitrogens with one attached hydrogen (secondary N) is 1. The van der Waals surface area contributed by atoms with Crippen LogP contribution in [-0.2, 0) is 10.0 Å². The fourth-order valence-corrected chi connectivity index (χ4v) is 2.91. The SMILES string of the molecule is CC(CCl)CS(=O)(=O)Nc1cncc(C(=O)O)c1. The number of alkyl halides is 1. The summed E-state index contributed by atoms with van der Waals surface area (Å²) in [7, 11) is -3.56. The van der Waals surface area contributed by atoms with Gasteiger partial charge in [0.15, 0.2) is 0 Å². The van der Waals surface area contributed by atoms with E-state index < -0.39 is 16.0 Å². The summed E-state index contributed by atoms with van der Waals surface area (Å²) < 4.78 is 25.7. The lowest BCUT2D eigenvalue weighted by Crippen LogP contribution is -2.22. The average molecular weight is 293 g/mol. The molecule has 100 valence electrons. The standard InChI is InChI=1S/C10H13ClN2O4S/c1-7(3-11)6-18(16,17)13-9-2-8(10(14)15)4-12-5-9/h2,4-5,7,13H,3,6H2,1H3,(H,14,15). The van der Waals surface area contributed by atoms with E-state index in [9.17, 15) is 13.2 Å². The quantitative estimate of drug-likeness (QED) is 0.773. The lowest BCUT2D eigenvalue weighted by Gasteiger charge is -2.11. The van der Waals surface area contributed by atoms with E-state index in [4.69, 9.17) is 16.7 Å². The van der Waals surface area contributed by atoms with Gasteiger partial charge in [0.25, 0.3) is 0 Å². The monoisotopic (exact) mass is 292 g/mol. The third kappa shape index (κ3) is 4.50. The molecular weight excluding hydrogens is 280 g/mol. The van der Waals surface area contributed by atoms with Crippen LogP contribution >= 0.6 is 11.6 Å². The van der Waals surface area contributed by atoms with E-state index in [-0.39, 0.29) is 28.8 Å². The van der Waals surface area contributed by atoms with Crippen molar-refractivity contribution in [3.8, 4) is 0 Å². The molecule has 0 aromatic carbocycles. The molecule has 1 aromatic rings. The molecule has 0 amide bonds. The van der Waals surface area contributed by atoms with Crippen LogP contribution in [0.4, 0.5) is 5.69 Å². The number of rotatable bonds is 6. The topological polar surface area (TPSA) is 96.4 Å². The maximum atomic E-state index is 11.7. The minimum absolute atomic E-state index is 0.0828. The van der Waals surface area contributed by atoms with Crippen LogP contribution in [0.15, 0.2) is 18.5 Å². The zero-order valence-corrected chi connectivity index (χ0v) is 11.2. The van der Waals surface area contributed by atoms with Crippen LogP contribution in [0.2, 0.25) is 0 Å². The van der Waals surface area contributed by atoms with Crippen molar-refractivity contribution in [1.29, 1.82) is 0 Å². The Kier molecular flexibility index (Phi) is 4.92. The van der Waals surface area contributed by atoms with Crippen molar-refractivity contribution in [3.63, 3.8) is 0 Å². The normalized spacial score (nSPS) is 13.0. The molecule has 1 atom stereocenters. The molecule has 2 N–H and O–H groups in total. The van der Waals surface area contributed by atoms with Gasteiger partial charge in [0.1, 0.15) is 0 Å². The third-order valence-electron chi connectivity index (χ3n) is 2.03. The van der Waals surface area contributed by atoms with Gasteiger partial charge in [-0.25, -0.2) is 13.2 Å². The molecule has 1 heterocycles. The average Bonchev–Trinajstić information content (AvgIpc) is 2.27. The summed E-state index contributed by atoms with van der Waals surface area (Å²) in [6, 6.07) is 1.21. The molecular formula is C10H13ClN2O4S. The van der Waals surface area contributed by atoms with Crippen molar-refractivity contribution in [2.45, 2.75) is 6.92 Å². The summed E-state index contributed by atoms with van der Waals surface area (Å²) in [6.45, 7) is 1.71. The second kappa shape index (κ2) is 6.01. The Hall–Kier alpha value is -1.34. The molecule has 0 spiro atoms. The Bertz CT molecular complexity index is 532. The van der Waals surface area contributed by atoms with Gasteiger partial charge in [0, 0.05) is 12.1 Å². The fraction of sp³-hybridized carbons (Fsp3) is 0.400. The van der Waals surface area contributed by atoms with Gasteiger partial charge in [-0.1, -0.05) is 6.92 Å². The molecule has 1 rings (SSSR count). The summed E-state index contributed by atoms with van der Waals surface area (Å²) in [5.74, 6) is -1.26. The Morgan fingerprint density at radius 1 is 1.56 bits per heavy atom. The highest BCUT2D eigenvalue weighted by Gasteiger charge is 2.16. The van der Waals surface area contributed by atoms with Gasteiger partial charge in [-0.05, 0) is 12.0 Å². The Balaban J connectivity index is 2.84. The second-order valence-corrected chi connectivity index (χ2v) is 5.99. The van der Waals surface area contributed by atoms with Crippen molar-refractivity contribution >= 4 is 33.3 Å². The molecule has 1 aromatic heterocycles. The van der Waals surface area contributed by atoms with E-state index >= 15 is 0 Å². The number of aromatic carboxylic acids is 1. The number of carbonyl (C=O) groups is 1. The first-order valence-electron chi connectivity index (χ1n) is 5.09. The fourth-order valence-electron chi connectivity index (χ4n) is 1.25. The highest BCUT2D eigenvalue weighted by molar-refractivity contribution is 7.92. The third-order valence-corrected chi connectivity index (χ3v) is 4.11. The molecule has 0 saturated heterocycles. The summed E-state index contributed by atoms with van der Waals surface area (Å²) in [5.41, 5.74) is 0.0391. The molecule has 18 heavy (non-hydrogen) atoms. The Morgan fingerprint density at radius 2 is 2.22 bits per heavy atom. The lowest BCUT2D eigenvalue weighted by atomic mass is 10.3. The highest BCUT2D eigenvalue weighted by Crippen LogP contribution is 2.12. The lowest BCUT2D eigenvalue weighted by molar-refractivity contribution is 0.0696. The van der Waals surface area contributed by atoms with Crippen LogP contribution in [-0.4, -0.2) is 36.1 Å². The van der Waals surface area contributed by atoms with E-state index in [0.29, 0.717) is 0 Å². The first-order valence-corrected chi connectivity index (χ1v) is 7.27. The maximum absolute atomic E-state index is 11.7. The number of nitrogens with zero attached hydrogens (tertiary/aromatic N) is 1. The van der Waals surface area contributed by atoms with Crippen molar-refractivity contribution < 1.29 is 18.3 Å². The van der Waals surface area contributed by atoms with Crippen LogP contribution < -0.4 is 4.72 Å². The zero-order chi connectivity index (χ0) is 13.8. The number of pyridine rings is 1. The van der Waals surface area contributed by atoms with Crippen LogP contribution in [0, 0.1) is 5.92 Å². The number of sulfonamides is 1. The smallest absolute Gasteiger partial charge is 0.337 e. The maximum Gasteiger partial charge on any atom is 0.337 e. The predicted molar refractivity (Wildman–Crippen MR) is 68.5 cm³/mol. The first-order chi connectivity index (χ1) is 8.34. The van der Waals surface area contributed by atoms with E-state index in [1.807, 2.05) is 0 Å². The molecule has 0 bridgehead atoms. The van der Waals surface area contributed by atoms with Gasteiger partial charge in [-0.2, -0.15) is 0 Å². The van der Waals surface area contributed by atoms with Gasteiger partial charge < -0.3 is 5.11 Å². The molecule has 0 aliphatic rings. The van der Waals surface area contributed by atoms with Gasteiger partial charge in [-0.3, -0.25) is 9.71 Å². The predicted octanol–water partition coefficient (Wildman–Crippen LogP) is 1.40. The van der Waals surface area contributed by atoms with Gasteiger partial charge in [-0.15, -0.1) is 11.6 Å². The first kappa shape index (κ1) is 14.7. The number of hydrogen-bond acceptors (Lipinski definition) is 4. The van der Waals surface area contributed by atoms with Crippen molar-refractivity contribution in [2.75, 3.05) is 16.4 Å². The number of carboxylic acids is 1. The van der Waals surface area contributed by atoms with E-state index in [1.165, 1.54) is 12.3 Å². The van der Waals surface area contributed by atoms with E-state index in [2.05, 4.69) is 9.71 Å². The minimum Gasteiger partial charge on any atom is -0.478 e. The van der Waals surface area contributed by atoms with Crippen LogP contribution in [0.25, 0.3) is 0 Å². The number of carboxylic acid groups (broad SMARTS) is 1. The molecule has 0 aliphatic carbocycles. The summed E-state index contributed by atoms with van der Waals surface area (Å²) >= 11 is 5.55. The minimum atomic E-state index is -3.56. The molecule has 0 saturated carbocycles. The van der Waals surface area contributed by atoms with Crippen LogP contribution in [0.1, 0.15) is 17.3 Å². The van der Waals surface area contributed by atoms with Gasteiger partial charge >= 0.3 is 5.97 Å². The largest absolute Gasteiger partial charge is 0.478 e. The summed E-state index contributed by atoms with van der Waals surface area (Å²) in [4.78, 5) is 14.4. The molecule has 0 fully saturated rings. The van der Waals surface area contributed by atoms with Gasteiger partial charge in [0.2, 0.25) is 10.0 Å². The van der Waals surface area contributed by atoms with Gasteiger partial charge in [0.05, 0.1) is 23.2 Å². The van der Waals surface area contributed by atoms with Crippen molar-refractivity contribution in [1.82, 2.24) is 4.98 Å². The van der Waals surface area contributed by atoms with E-state index in [1.54, 1.807) is 6.92 Å². The number of anilines is 1. The number of halogens is 1. The van der Waals surface area contributed by atoms with Crippen molar-refractivity contribution in [2.24, 2.45) is 5.92 Å².